The van der Waals surface area contributed by atoms with Crippen molar-refractivity contribution in [2.75, 3.05) is 7.11 Å². The molecule has 0 amide bonds. The van der Waals surface area contributed by atoms with E-state index < -0.39 is 11.4 Å². The summed E-state index contributed by atoms with van der Waals surface area (Å²) in [6.45, 7) is 6.11. The van der Waals surface area contributed by atoms with Crippen molar-refractivity contribution in [3.05, 3.63) is 51.3 Å². The van der Waals surface area contributed by atoms with Crippen molar-refractivity contribution in [1.82, 2.24) is 4.57 Å². The standard InChI is InChI=1S/C24H29NO6/c1-24(2,3)22-7-13-6-21(31-16-8-15(9-16)30-4)14(12-26)5-17(13)19-10-20(27)18(23(28)29)11-25(19)22/h5-6,10-11,15-16,22,26H,7-9,12H2,1-4H3,(H,28,29). The first-order valence-electron chi connectivity index (χ1n) is 10.6. The topological polar surface area (TPSA) is 98.0 Å². The Morgan fingerprint density at radius 3 is 2.48 bits per heavy atom. The van der Waals surface area contributed by atoms with Gasteiger partial charge in [0.2, 0.25) is 0 Å². The monoisotopic (exact) mass is 427 g/mol. The van der Waals surface area contributed by atoms with Crippen LogP contribution < -0.4 is 10.2 Å². The molecule has 4 rings (SSSR count). The van der Waals surface area contributed by atoms with Crippen molar-refractivity contribution in [1.29, 1.82) is 0 Å². The van der Waals surface area contributed by atoms with Crippen LogP contribution in [-0.4, -0.2) is 40.1 Å². The molecule has 1 unspecified atom stereocenters. The molecule has 1 aromatic carbocycles. The molecule has 1 fully saturated rings. The lowest BCUT2D eigenvalue weighted by atomic mass is 9.78. The molecule has 0 spiro atoms. The van der Waals surface area contributed by atoms with Gasteiger partial charge < -0.3 is 24.3 Å². The number of aliphatic hydroxyl groups excluding tert-OH is 1. The van der Waals surface area contributed by atoms with Gasteiger partial charge in [-0.3, -0.25) is 4.79 Å². The number of hydrogen-bond donors (Lipinski definition) is 2. The van der Waals surface area contributed by atoms with Crippen LogP contribution in [0.1, 0.15) is 61.1 Å². The molecule has 0 saturated heterocycles. The Hall–Kier alpha value is -2.64. The number of pyridine rings is 1. The van der Waals surface area contributed by atoms with E-state index in [1.54, 1.807) is 7.11 Å². The number of aromatic carboxylic acids is 1. The summed E-state index contributed by atoms with van der Waals surface area (Å²) in [7, 11) is 1.70. The second kappa shape index (κ2) is 7.80. The van der Waals surface area contributed by atoms with E-state index in [1.165, 1.54) is 12.3 Å². The number of nitrogens with zero attached hydrogens (tertiary/aromatic N) is 1. The molecule has 7 nitrogen and oxygen atoms in total. The highest BCUT2D eigenvalue weighted by molar-refractivity contribution is 5.87. The number of benzene rings is 1. The van der Waals surface area contributed by atoms with E-state index in [0.717, 1.165) is 24.0 Å². The first-order chi connectivity index (χ1) is 14.6. The van der Waals surface area contributed by atoms with Crippen LogP contribution in [0.15, 0.2) is 29.2 Å². The molecule has 1 aromatic heterocycles. The maximum absolute atomic E-state index is 12.5. The van der Waals surface area contributed by atoms with E-state index in [0.29, 0.717) is 23.4 Å². The Kier molecular flexibility index (Phi) is 5.43. The number of ether oxygens (including phenoxy) is 2. The summed E-state index contributed by atoms with van der Waals surface area (Å²) in [4.78, 5) is 24.1. The summed E-state index contributed by atoms with van der Waals surface area (Å²) in [6.07, 6.45) is 4.04. The van der Waals surface area contributed by atoms with Crippen molar-refractivity contribution in [2.24, 2.45) is 5.41 Å². The van der Waals surface area contributed by atoms with Crippen LogP contribution in [0.2, 0.25) is 0 Å². The van der Waals surface area contributed by atoms with E-state index in [9.17, 15) is 19.8 Å². The minimum Gasteiger partial charge on any atom is -0.490 e. The van der Waals surface area contributed by atoms with Crippen molar-refractivity contribution in [3.8, 4) is 17.0 Å². The average Bonchev–Trinajstić information content (AvgIpc) is 2.67. The zero-order chi connectivity index (χ0) is 22.5. The second-order valence-corrected chi connectivity index (χ2v) is 9.58. The maximum Gasteiger partial charge on any atom is 0.341 e. The lowest BCUT2D eigenvalue weighted by Gasteiger charge is -2.39. The first-order valence-corrected chi connectivity index (χ1v) is 10.6. The third kappa shape index (κ3) is 3.88. The Bertz CT molecular complexity index is 1070. The predicted octanol–water partition coefficient (Wildman–Crippen LogP) is 3.41. The first kappa shape index (κ1) is 21.6. The molecule has 2 heterocycles. The molecular formula is C24H29NO6. The molecule has 1 aliphatic heterocycles. The van der Waals surface area contributed by atoms with E-state index in [2.05, 4.69) is 20.8 Å². The van der Waals surface area contributed by atoms with Crippen LogP contribution in [0.3, 0.4) is 0 Å². The number of rotatable bonds is 5. The summed E-state index contributed by atoms with van der Waals surface area (Å²) in [5.74, 6) is -0.570. The highest BCUT2D eigenvalue weighted by Gasteiger charge is 2.35. The fourth-order valence-corrected chi connectivity index (χ4v) is 4.51. The lowest BCUT2D eigenvalue weighted by molar-refractivity contribution is -0.0387. The Labute approximate surface area is 181 Å². The highest BCUT2D eigenvalue weighted by atomic mass is 16.5. The molecule has 0 radical (unpaired) electrons. The van der Waals surface area contributed by atoms with Crippen molar-refractivity contribution < 1.29 is 24.5 Å². The van der Waals surface area contributed by atoms with Gasteiger partial charge in [0.05, 0.1) is 18.4 Å². The smallest absolute Gasteiger partial charge is 0.341 e. The number of hydrogen-bond acceptors (Lipinski definition) is 5. The molecule has 1 atom stereocenters. The summed E-state index contributed by atoms with van der Waals surface area (Å²) < 4.78 is 13.4. The molecular weight excluding hydrogens is 398 g/mol. The SMILES string of the molecule is COC1CC(Oc2cc3c(cc2CO)-c2cc(=O)c(C(=O)O)cn2C(C(C)(C)C)C3)C1. The van der Waals surface area contributed by atoms with Gasteiger partial charge in [0.1, 0.15) is 17.4 Å². The van der Waals surface area contributed by atoms with Crippen molar-refractivity contribution in [2.45, 2.75) is 64.9 Å². The predicted molar refractivity (Wildman–Crippen MR) is 116 cm³/mol. The number of carbonyl (C=O) groups is 1. The zero-order valence-corrected chi connectivity index (χ0v) is 18.3. The number of fused-ring (bicyclic) bond motifs is 3. The summed E-state index contributed by atoms with van der Waals surface area (Å²) >= 11 is 0. The summed E-state index contributed by atoms with van der Waals surface area (Å²) in [5, 5.41) is 19.4. The average molecular weight is 427 g/mol. The van der Waals surface area contributed by atoms with Crippen LogP contribution in [-0.2, 0) is 17.8 Å². The van der Waals surface area contributed by atoms with E-state index >= 15 is 0 Å². The van der Waals surface area contributed by atoms with Gasteiger partial charge in [0.15, 0.2) is 5.43 Å². The van der Waals surface area contributed by atoms with Crippen LogP contribution in [0.5, 0.6) is 5.75 Å². The maximum atomic E-state index is 12.5. The van der Waals surface area contributed by atoms with Crippen LogP contribution in [0.4, 0.5) is 0 Å². The van der Waals surface area contributed by atoms with E-state index in [-0.39, 0.29) is 35.8 Å². The van der Waals surface area contributed by atoms with Crippen molar-refractivity contribution in [3.63, 3.8) is 0 Å². The Morgan fingerprint density at radius 1 is 1.19 bits per heavy atom. The van der Waals surface area contributed by atoms with Gasteiger partial charge in [-0.05, 0) is 29.5 Å². The normalized spacial score (nSPS) is 22.3. The van der Waals surface area contributed by atoms with Crippen LogP contribution in [0, 0.1) is 5.41 Å². The van der Waals surface area contributed by atoms with Gasteiger partial charge in [-0.2, -0.15) is 0 Å². The van der Waals surface area contributed by atoms with E-state index in [4.69, 9.17) is 9.47 Å². The van der Waals surface area contributed by atoms with Gasteiger partial charge in [-0.1, -0.05) is 20.8 Å². The van der Waals surface area contributed by atoms with Gasteiger partial charge in [0.25, 0.3) is 0 Å². The number of methoxy groups -OCH3 is 1. The van der Waals surface area contributed by atoms with Gasteiger partial charge in [-0.15, -0.1) is 0 Å². The van der Waals surface area contributed by atoms with Crippen LogP contribution >= 0.6 is 0 Å². The van der Waals surface area contributed by atoms with Gasteiger partial charge >= 0.3 is 5.97 Å². The van der Waals surface area contributed by atoms with Crippen molar-refractivity contribution >= 4 is 5.97 Å². The summed E-state index contributed by atoms with van der Waals surface area (Å²) in [6, 6.07) is 5.19. The highest BCUT2D eigenvalue weighted by Crippen LogP contribution is 2.44. The van der Waals surface area contributed by atoms with Crippen LogP contribution in [0.25, 0.3) is 11.3 Å². The molecule has 31 heavy (non-hydrogen) atoms. The summed E-state index contributed by atoms with van der Waals surface area (Å²) in [5.41, 5.74) is 2.24. The number of aliphatic hydroxyl groups is 1. The molecule has 0 bridgehead atoms. The molecule has 1 aliphatic carbocycles. The second-order valence-electron chi connectivity index (χ2n) is 9.58. The molecule has 2 aliphatic rings. The Balaban J connectivity index is 1.82. The molecule has 166 valence electrons. The lowest BCUT2D eigenvalue weighted by Crippen LogP contribution is -2.39. The molecule has 1 saturated carbocycles. The number of carboxylic acid groups (broad SMARTS) is 1. The number of aromatic nitrogens is 1. The minimum atomic E-state index is -1.23. The molecule has 2 N–H and O–H groups in total. The quantitative estimate of drug-likeness (QED) is 0.759. The fraction of sp³-hybridized carbons (Fsp3) is 0.500. The Morgan fingerprint density at radius 2 is 1.90 bits per heavy atom. The fourth-order valence-electron chi connectivity index (χ4n) is 4.51. The minimum absolute atomic E-state index is 0.0388. The van der Waals surface area contributed by atoms with Gasteiger partial charge in [0, 0.05) is 49.4 Å². The molecule has 7 heteroatoms. The number of carboxylic acids is 1. The largest absolute Gasteiger partial charge is 0.490 e. The third-order valence-electron chi connectivity index (χ3n) is 6.47. The van der Waals surface area contributed by atoms with Gasteiger partial charge in [-0.25, -0.2) is 4.79 Å². The zero-order valence-electron chi connectivity index (χ0n) is 18.3. The van der Waals surface area contributed by atoms with E-state index in [1.807, 2.05) is 16.7 Å². The third-order valence-corrected chi connectivity index (χ3v) is 6.47. The molecule has 2 aromatic rings.